The van der Waals surface area contributed by atoms with Crippen molar-refractivity contribution in [1.82, 2.24) is 14.7 Å². The van der Waals surface area contributed by atoms with Gasteiger partial charge in [-0.15, -0.1) is 0 Å². The first-order chi connectivity index (χ1) is 12.1. The average Bonchev–Trinajstić information content (AvgIpc) is 2.67. The maximum absolute atomic E-state index is 13.7. The van der Waals surface area contributed by atoms with E-state index in [0.717, 1.165) is 70.6 Å². The topological polar surface area (TPSA) is 26.8 Å². The third kappa shape index (κ3) is 4.79. The Hall–Kier alpha value is -1.46. The molecule has 5 heteroatoms. The Morgan fingerprint density at radius 3 is 2.40 bits per heavy atom. The van der Waals surface area contributed by atoms with Crippen molar-refractivity contribution >= 4 is 5.91 Å². The molecule has 2 heterocycles. The van der Waals surface area contributed by atoms with Crippen LogP contribution in [0.1, 0.15) is 31.7 Å². The van der Waals surface area contributed by atoms with E-state index < -0.39 is 0 Å². The van der Waals surface area contributed by atoms with Crippen molar-refractivity contribution in [1.29, 1.82) is 0 Å². The second-order valence-corrected chi connectivity index (χ2v) is 7.28. The monoisotopic (exact) mass is 347 g/mol. The molecule has 0 unspecified atom stereocenters. The first-order valence-electron chi connectivity index (χ1n) is 9.64. The normalized spacial score (nSPS) is 21.3. The van der Waals surface area contributed by atoms with Gasteiger partial charge in [-0.25, -0.2) is 4.39 Å². The predicted octanol–water partition coefficient (Wildman–Crippen LogP) is 2.39. The second kappa shape index (κ2) is 8.77. The lowest BCUT2D eigenvalue weighted by molar-refractivity contribution is -0.138. The average molecular weight is 347 g/mol. The van der Waals surface area contributed by atoms with E-state index in [9.17, 15) is 9.18 Å². The summed E-state index contributed by atoms with van der Waals surface area (Å²) in [7, 11) is 0. The lowest BCUT2D eigenvalue weighted by Gasteiger charge is -2.39. The van der Waals surface area contributed by atoms with Crippen molar-refractivity contribution in [2.24, 2.45) is 0 Å². The summed E-state index contributed by atoms with van der Waals surface area (Å²) in [6.45, 7) is 8.50. The van der Waals surface area contributed by atoms with Crippen LogP contribution in [0.4, 0.5) is 4.39 Å². The van der Waals surface area contributed by atoms with Gasteiger partial charge in [-0.2, -0.15) is 0 Å². The van der Waals surface area contributed by atoms with Gasteiger partial charge in [-0.1, -0.05) is 18.2 Å². The molecular weight excluding hydrogens is 317 g/mol. The third-order valence-corrected chi connectivity index (χ3v) is 5.63. The Kier molecular flexibility index (Phi) is 6.43. The van der Waals surface area contributed by atoms with Crippen molar-refractivity contribution < 1.29 is 9.18 Å². The van der Waals surface area contributed by atoms with E-state index >= 15 is 0 Å². The number of halogens is 1. The fourth-order valence-corrected chi connectivity index (χ4v) is 3.89. The summed E-state index contributed by atoms with van der Waals surface area (Å²) in [6.07, 6.45) is 4.28. The van der Waals surface area contributed by atoms with E-state index in [1.54, 1.807) is 6.07 Å². The number of benzene rings is 1. The van der Waals surface area contributed by atoms with E-state index in [4.69, 9.17) is 0 Å². The van der Waals surface area contributed by atoms with Gasteiger partial charge in [-0.3, -0.25) is 9.69 Å². The highest BCUT2D eigenvalue weighted by atomic mass is 19.1. The number of piperidine rings is 1. The standard InChI is InChI=1S/C20H30FN3O/c1-17(20(25)24-10-5-2-6-11-24)23-15-13-22(14-16-23)12-9-18-7-3-4-8-19(18)21/h3-4,7-8,17H,2,5-6,9-16H2,1H3/t17-/m1/s1. The van der Waals surface area contributed by atoms with Gasteiger partial charge in [0.05, 0.1) is 6.04 Å². The summed E-state index contributed by atoms with van der Waals surface area (Å²) in [6, 6.07) is 7.00. The van der Waals surface area contributed by atoms with E-state index in [2.05, 4.69) is 9.80 Å². The number of hydrogen-bond acceptors (Lipinski definition) is 3. The molecule has 1 atom stereocenters. The van der Waals surface area contributed by atoms with Gasteiger partial charge < -0.3 is 9.80 Å². The van der Waals surface area contributed by atoms with Crippen LogP contribution in [0.5, 0.6) is 0 Å². The van der Waals surface area contributed by atoms with Crippen LogP contribution in [0.3, 0.4) is 0 Å². The van der Waals surface area contributed by atoms with Crippen LogP contribution >= 0.6 is 0 Å². The van der Waals surface area contributed by atoms with Gasteiger partial charge >= 0.3 is 0 Å². The summed E-state index contributed by atoms with van der Waals surface area (Å²) in [4.78, 5) is 19.4. The number of piperazine rings is 1. The fourth-order valence-electron chi connectivity index (χ4n) is 3.89. The van der Waals surface area contributed by atoms with Crippen LogP contribution in [0.2, 0.25) is 0 Å². The molecule has 1 aromatic carbocycles. The largest absolute Gasteiger partial charge is 0.341 e. The Bertz CT molecular complexity index is 566. The van der Waals surface area contributed by atoms with Crippen LogP contribution in [-0.4, -0.2) is 72.5 Å². The van der Waals surface area contributed by atoms with Crippen molar-refractivity contribution in [3.8, 4) is 0 Å². The number of nitrogens with zero attached hydrogens (tertiary/aromatic N) is 3. The minimum absolute atomic E-state index is 0.0215. The number of hydrogen-bond donors (Lipinski definition) is 0. The molecule has 138 valence electrons. The molecule has 2 fully saturated rings. The van der Waals surface area contributed by atoms with Crippen molar-refractivity contribution in [2.75, 3.05) is 45.8 Å². The van der Waals surface area contributed by atoms with Crippen molar-refractivity contribution in [3.63, 3.8) is 0 Å². The molecular formula is C20H30FN3O. The fraction of sp³-hybridized carbons (Fsp3) is 0.650. The quantitative estimate of drug-likeness (QED) is 0.818. The molecule has 0 bridgehead atoms. The van der Waals surface area contributed by atoms with Crippen molar-refractivity contribution in [3.05, 3.63) is 35.6 Å². The molecule has 25 heavy (non-hydrogen) atoms. The lowest BCUT2D eigenvalue weighted by atomic mass is 10.1. The van der Waals surface area contributed by atoms with Gasteiger partial charge in [0.1, 0.15) is 5.82 Å². The van der Waals surface area contributed by atoms with Gasteiger partial charge in [0, 0.05) is 45.8 Å². The van der Waals surface area contributed by atoms with Crippen LogP contribution in [-0.2, 0) is 11.2 Å². The minimum atomic E-state index is -0.109. The SMILES string of the molecule is C[C@H](C(=O)N1CCCCC1)N1CCN(CCc2ccccc2F)CC1. The maximum Gasteiger partial charge on any atom is 0.239 e. The first kappa shape index (κ1) is 18.3. The second-order valence-electron chi connectivity index (χ2n) is 7.28. The number of carbonyl (C=O) groups is 1. The Balaban J connectivity index is 1.43. The van der Waals surface area contributed by atoms with Gasteiger partial charge in [-0.05, 0) is 44.2 Å². The van der Waals surface area contributed by atoms with E-state index in [1.165, 1.54) is 12.5 Å². The van der Waals surface area contributed by atoms with Gasteiger partial charge in [0.15, 0.2) is 0 Å². The van der Waals surface area contributed by atoms with E-state index in [1.807, 2.05) is 24.0 Å². The summed E-state index contributed by atoms with van der Waals surface area (Å²) < 4.78 is 13.7. The summed E-state index contributed by atoms with van der Waals surface area (Å²) in [5.41, 5.74) is 0.790. The zero-order chi connectivity index (χ0) is 17.6. The Morgan fingerprint density at radius 2 is 1.72 bits per heavy atom. The molecule has 1 aromatic rings. The minimum Gasteiger partial charge on any atom is -0.341 e. The highest BCUT2D eigenvalue weighted by Gasteiger charge is 2.29. The molecule has 3 rings (SSSR count). The molecule has 2 aliphatic rings. The zero-order valence-electron chi connectivity index (χ0n) is 15.3. The molecule has 0 spiro atoms. The highest BCUT2D eigenvalue weighted by molar-refractivity contribution is 5.81. The van der Waals surface area contributed by atoms with Crippen LogP contribution in [0.25, 0.3) is 0 Å². The van der Waals surface area contributed by atoms with E-state index in [0.29, 0.717) is 5.91 Å². The molecule has 0 aliphatic carbocycles. The lowest BCUT2D eigenvalue weighted by Crippen LogP contribution is -2.55. The molecule has 0 saturated carbocycles. The smallest absolute Gasteiger partial charge is 0.239 e. The number of carbonyl (C=O) groups excluding carboxylic acids is 1. The summed E-state index contributed by atoms with van der Waals surface area (Å²) in [5, 5.41) is 0. The highest BCUT2D eigenvalue weighted by Crippen LogP contribution is 2.15. The number of amides is 1. The third-order valence-electron chi connectivity index (χ3n) is 5.63. The molecule has 4 nitrogen and oxygen atoms in total. The van der Waals surface area contributed by atoms with Gasteiger partial charge in [0.2, 0.25) is 5.91 Å². The molecule has 2 saturated heterocycles. The number of likely N-dealkylation sites (tertiary alicyclic amines) is 1. The predicted molar refractivity (Wildman–Crippen MR) is 98.0 cm³/mol. The maximum atomic E-state index is 13.7. The van der Waals surface area contributed by atoms with Crippen molar-refractivity contribution in [2.45, 2.75) is 38.6 Å². The zero-order valence-corrected chi connectivity index (χ0v) is 15.3. The molecule has 0 N–H and O–H groups in total. The molecule has 2 aliphatic heterocycles. The summed E-state index contributed by atoms with van der Waals surface area (Å²) >= 11 is 0. The van der Waals surface area contributed by atoms with Crippen LogP contribution in [0.15, 0.2) is 24.3 Å². The molecule has 0 aromatic heterocycles. The Labute approximate surface area is 150 Å². The van der Waals surface area contributed by atoms with Gasteiger partial charge in [0.25, 0.3) is 0 Å². The van der Waals surface area contributed by atoms with Crippen LogP contribution < -0.4 is 0 Å². The van der Waals surface area contributed by atoms with E-state index in [-0.39, 0.29) is 11.9 Å². The molecule has 1 amide bonds. The summed E-state index contributed by atoms with van der Waals surface area (Å²) in [5.74, 6) is 0.182. The Morgan fingerprint density at radius 1 is 1.04 bits per heavy atom. The first-order valence-corrected chi connectivity index (χ1v) is 9.64. The number of rotatable bonds is 5. The molecule has 0 radical (unpaired) electrons. The van der Waals surface area contributed by atoms with Crippen LogP contribution in [0, 0.1) is 5.82 Å².